The van der Waals surface area contributed by atoms with E-state index >= 15 is 0 Å². The number of carbonyl (C=O) groups is 2. The summed E-state index contributed by atoms with van der Waals surface area (Å²) in [4.78, 5) is 24.6. The van der Waals surface area contributed by atoms with Gasteiger partial charge < -0.3 is 10.1 Å². The minimum absolute atomic E-state index is 0.375. The Morgan fingerprint density at radius 1 is 1.27 bits per heavy atom. The van der Waals surface area contributed by atoms with E-state index < -0.39 is 12.1 Å². The molecule has 2 rings (SSSR count). The first-order chi connectivity index (χ1) is 10.5. The number of ether oxygens (including phenoxy) is 1. The molecule has 1 atom stereocenters. The zero-order valence-electron chi connectivity index (χ0n) is 11.8. The summed E-state index contributed by atoms with van der Waals surface area (Å²) in [5.74, 6) is -0.924. The van der Waals surface area contributed by atoms with Crippen LogP contribution in [0.1, 0.15) is 11.8 Å². The molecule has 0 bridgehead atoms. The molecule has 0 radical (unpaired) electrons. The van der Waals surface area contributed by atoms with Gasteiger partial charge in [-0.3, -0.25) is 4.79 Å². The maximum absolute atomic E-state index is 11.9. The highest BCUT2D eigenvalue weighted by Crippen LogP contribution is 2.14. The number of benzene rings is 1. The maximum Gasteiger partial charge on any atom is 0.331 e. The van der Waals surface area contributed by atoms with Crippen LogP contribution in [0.25, 0.3) is 6.08 Å². The van der Waals surface area contributed by atoms with Crippen molar-refractivity contribution in [3.05, 3.63) is 57.2 Å². The molecule has 0 aliphatic rings. The molecule has 0 fully saturated rings. The van der Waals surface area contributed by atoms with Crippen LogP contribution < -0.4 is 5.32 Å². The molecular formula is C16H14BrNO3S. The zero-order valence-corrected chi connectivity index (χ0v) is 14.2. The van der Waals surface area contributed by atoms with E-state index in [1.807, 2.05) is 29.6 Å². The van der Waals surface area contributed by atoms with Crippen LogP contribution in [-0.4, -0.2) is 18.0 Å². The summed E-state index contributed by atoms with van der Waals surface area (Å²) in [5, 5.41) is 4.60. The van der Waals surface area contributed by atoms with Gasteiger partial charge in [0.2, 0.25) is 0 Å². The fourth-order valence-electron chi connectivity index (χ4n) is 1.58. The summed E-state index contributed by atoms with van der Waals surface area (Å²) in [5.41, 5.74) is 0.644. The van der Waals surface area contributed by atoms with Gasteiger partial charge in [0, 0.05) is 21.1 Å². The molecule has 114 valence electrons. The van der Waals surface area contributed by atoms with Crippen molar-refractivity contribution in [1.82, 2.24) is 0 Å². The first-order valence-electron chi connectivity index (χ1n) is 6.53. The molecule has 1 aromatic carbocycles. The highest BCUT2D eigenvalue weighted by atomic mass is 79.9. The molecule has 0 saturated carbocycles. The number of esters is 1. The van der Waals surface area contributed by atoms with Crippen LogP contribution in [0.4, 0.5) is 5.69 Å². The number of amides is 1. The molecule has 0 saturated heterocycles. The highest BCUT2D eigenvalue weighted by Gasteiger charge is 2.16. The van der Waals surface area contributed by atoms with E-state index in [0.29, 0.717) is 5.69 Å². The van der Waals surface area contributed by atoms with Crippen LogP contribution >= 0.6 is 27.3 Å². The number of carbonyl (C=O) groups excluding carboxylic acids is 2. The summed E-state index contributed by atoms with van der Waals surface area (Å²) in [6, 6.07) is 10.9. The first kappa shape index (κ1) is 16.5. The second-order valence-corrected chi connectivity index (χ2v) is 6.32. The van der Waals surface area contributed by atoms with Crippen LogP contribution in [0, 0.1) is 0 Å². The Morgan fingerprint density at radius 3 is 2.64 bits per heavy atom. The average molecular weight is 380 g/mol. The SMILES string of the molecule is C[C@H](OC(=O)/C=C/c1cccs1)C(=O)Nc1ccc(Br)cc1. The number of thiophene rings is 1. The van der Waals surface area contributed by atoms with E-state index in [2.05, 4.69) is 21.2 Å². The smallest absolute Gasteiger partial charge is 0.331 e. The maximum atomic E-state index is 11.9. The van der Waals surface area contributed by atoms with Crippen LogP contribution in [0.5, 0.6) is 0 Å². The van der Waals surface area contributed by atoms with E-state index in [9.17, 15) is 9.59 Å². The minimum Gasteiger partial charge on any atom is -0.449 e. The van der Waals surface area contributed by atoms with Crippen LogP contribution in [0.3, 0.4) is 0 Å². The highest BCUT2D eigenvalue weighted by molar-refractivity contribution is 9.10. The van der Waals surface area contributed by atoms with Crippen molar-refractivity contribution in [3.8, 4) is 0 Å². The van der Waals surface area contributed by atoms with E-state index in [1.165, 1.54) is 24.3 Å². The lowest BCUT2D eigenvalue weighted by molar-refractivity contribution is -0.148. The predicted octanol–water partition coefficient (Wildman–Crippen LogP) is 4.09. The van der Waals surface area contributed by atoms with Crippen LogP contribution in [-0.2, 0) is 14.3 Å². The molecule has 0 aliphatic carbocycles. The third-order valence-corrected chi connectivity index (χ3v) is 4.07. The van der Waals surface area contributed by atoms with E-state index in [-0.39, 0.29) is 5.91 Å². The Balaban J connectivity index is 1.85. The molecule has 0 spiro atoms. The third kappa shape index (κ3) is 5.13. The molecule has 22 heavy (non-hydrogen) atoms. The number of anilines is 1. The lowest BCUT2D eigenvalue weighted by atomic mass is 10.3. The normalized spacial score (nSPS) is 12.1. The number of nitrogens with one attached hydrogen (secondary N) is 1. The van der Waals surface area contributed by atoms with Gasteiger partial charge in [0.1, 0.15) is 0 Å². The zero-order chi connectivity index (χ0) is 15.9. The fraction of sp³-hybridized carbons (Fsp3) is 0.125. The second kappa shape index (κ2) is 7.91. The van der Waals surface area contributed by atoms with Crippen LogP contribution in [0.15, 0.2) is 52.3 Å². The number of hydrogen-bond acceptors (Lipinski definition) is 4. The number of halogens is 1. The summed E-state index contributed by atoms with van der Waals surface area (Å²) in [6.45, 7) is 1.53. The number of rotatable bonds is 5. The molecule has 1 amide bonds. The molecule has 0 aliphatic heterocycles. The second-order valence-electron chi connectivity index (χ2n) is 4.42. The standard InChI is InChI=1S/C16H14BrNO3S/c1-11(16(20)18-13-6-4-12(17)5-7-13)21-15(19)9-8-14-3-2-10-22-14/h2-11H,1H3,(H,18,20)/b9-8+/t11-/m0/s1. The average Bonchev–Trinajstić information content (AvgIpc) is 3.01. The van der Waals surface area contributed by atoms with Crippen molar-refractivity contribution < 1.29 is 14.3 Å². The summed E-state index contributed by atoms with van der Waals surface area (Å²) in [6.07, 6.45) is 2.10. The Hall–Kier alpha value is -1.92. The Kier molecular flexibility index (Phi) is 5.91. The first-order valence-corrected chi connectivity index (χ1v) is 8.20. The van der Waals surface area contributed by atoms with Gasteiger partial charge in [-0.25, -0.2) is 4.79 Å². The largest absolute Gasteiger partial charge is 0.449 e. The molecule has 1 aromatic heterocycles. The Morgan fingerprint density at radius 2 is 2.00 bits per heavy atom. The van der Waals surface area contributed by atoms with Crippen molar-refractivity contribution >= 4 is 50.9 Å². The van der Waals surface area contributed by atoms with E-state index in [1.54, 1.807) is 18.2 Å². The molecular weight excluding hydrogens is 366 g/mol. The monoisotopic (exact) mass is 379 g/mol. The molecule has 6 heteroatoms. The third-order valence-electron chi connectivity index (χ3n) is 2.70. The lowest BCUT2D eigenvalue weighted by Crippen LogP contribution is -2.29. The van der Waals surface area contributed by atoms with Crippen molar-refractivity contribution in [2.75, 3.05) is 5.32 Å². The van der Waals surface area contributed by atoms with E-state index in [0.717, 1.165) is 9.35 Å². The Labute approximate surface area is 140 Å². The molecule has 0 unspecified atom stereocenters. The van der Waals surface area contributed by atoms with Crippen molar-refractivity contribution in [1.29, 1.82) is 0 Å². The van der Waals surface area contributed by atoms with E-state index in [4.69, 9.17) is 4.74 Å². The molecule has 4 nitrogen and oxygen atoms in total. The molecule has 1 N–H and O–H groups in total. The lowest BCUT2D eigenvalue weighted by Gasteiger charge is -2.12. The van der Waals surface area contributed by atoms with Gasteiger partial charge in [-0.2, -0.15) is 0 Å². The minimum atomic E-state index is -0.871. The molecule has 2 aromatic rings. The van der Waals surface area contributed by atoms with Gasteiger partial charge in [-0.15, -0.1) is 11.3 Å². The van der Waals surface area contributed by atoms with Gasteiger partial charge in [0.15, 0.2) is 6.10 Å². The fourth-order valence-corrected chi connectivity index (χ4v) is 2.46. The van der Waals surface area contributed by atoms with Crippen molar-refractivity contribution in [2.24, 2.45) is 0 Å². The summed E-state index contributed by atoms with van der Waals surface area (Å²) < 4.78 is 5.98. The Bertz CT molecular complexity index is 665. The van der Waals surface area contributed by atoms with Crippen molar-refractivity contribution in [3.63, 3.8) is 0 Å². The van der Waals surface area contributed by atoms with Gasteiger partial charge in [0.05, 0.1) is 0 Å². The number of hydrogen-bond donors (Lipinski definition) is 1. The summed E-state index contributed by atoms with van der Waals surface area (Å²) >= 11 is 4.83. The van der Waals surface area contributed by atoms with Gasteiger partial charge >= 0.3 is 5.97 Å². The topological polar surface area (TPSA) is 55.4 Å². The predicted molar refractivity (Wildman–Crippen MR) is 91.7 cm³/mol. The molecule has 1 heterocycles. The van der Waals surface area contributed by atoms with Crippen molar-refractivity contribution in [2.45, 2.75) is 13.0 Å². The van der Waals surface area contributed by atoms with Crippen LogP contribution in [0.2, 0.25) is 0 Å². The van der Waals surface area contributed by atoms with Gasteiger partial charge in [0.25, 0.3) is 5.91 Å². The van der Waals surface area contributed by atoms with Gasteiger partial charge in [-0.05, 0) is 48.7 Å². The van der Waals surface area contributed by atoms with Gasteiger partial charge in [-0.1, -0.05) is 22.0 Å². The summed E-state index contributed by atoms with van der Waals surface area (Å²) in [7, 11) is 0. The quantitative estimate of drug-likeness (QED) is 0.628.